The number of pyridine rings is 1. The number of aryl methyl sites for hydroxylation is 1. The third-order valence-electron chi connectivity index (χ3n) is 5.51. The molecular weight excluding hydrogens is 447 g/mol. The lowest BCUT2D eigenvalue weighted by molar-refractivity contribution is -0.137. The van der Waals surface area contributed by atoms with Gasteiger partial charge in [-0.25, -0.2) is 4.98 Å². The molecule has 1 aromatic carbocycles. The molecule has 0 radical (unpaired) electrons. The summed E-state index contributed by atoms with van der Waals surface area (Å²) >= 11 is 0. The molecule has 1 N–H and O–H groups in total. The summed E-state index contributed by atoms with van der Waals surface area (Å²) in [6, 6.07) is 9.84. The molecule has 2 aromatic heterocycles. The molecule has 1 aliphatic rings. The highest BCUT2D eigenvalue weighted by molar-refractivity contribution is 6.03. The quantitative estimate of drug-likeness (QED) is 0.593. The number of carbonyl (C=O) groups is 1. The lowest BCUT2D eigenvalue weighted by atomic mass is 10.0. The molecule has 4 rings (SSSR count). The van der Waals surface area contributed by atoms with Gasteiger partial charge in [0.25, 0.3) is 5.91 Å². The van der Waals surface area contributed by atoms with E-state index in [0.717, 1.165) is 35.6 Å². The number of hydrogen-bond acceptors (Lipinski definition) is 6. The van der Waals surface area contributed by atoms with Gasteiger partial charge in [0, 0.05) is 25.0 Å². The number of nitrogens with one attached hydrogen (secondary N) is 1. The van der Waals surface area contributed by atoms with Crippen LogP contribution in [0, 0.1) is 6.92 Å². The van der Waals surface area contributed by atoms with Crippen molar-refractivity contribution in [1.82, 2.24) is 15.2 Å². The van der Waals surface area contributed by atoms with Gasteiger partial charge in [-0.1, -0.05) is 6.07 Å². The molecule has 0 spiro atoms. The number of amides is 1. The van der Waals surface area contributed by atoms with E-state index >= 15 is 0 Å². The van der Waals surface area contributed by atoms with Gasteiger partial charge >= 0.3 is 6.18 Å². The molecule has 1 amide bonds. The van der Waals surface area contributed by atoms with E-state index in [1.54, 1.807) is 18.3 Å². The van der Waals surface area contributed by atoms with Crippen molar-refractivity contribution in [2.24, 2.45) is 0 Å². The first kappa shape index (κ1) is 23.6. The number of anilines is 2. The molecule has 0 unspecified atom stereocenters. The molecule has 2 atom stereocenters. The van der Waals surface area contributed by atoms with E-state index in [2.05, 4.69) is 25.4 Å². The predicted molar refractivity (Wildman–Crippen MR) is 122 cm³/mol. The predicted octanol–water partition coefficient (Wildman–Crippen LogP) is 4.73. The van der Waals surface area contributed by atoms with Crippen molar-refractivity contribution in [2.45, 2.75) is 39.2 Å². The molecule has 1 saturated heterocycles. The third kappa shape index (κ3) is 5.33. The Morgan fingerprint density at radius 1 is 1.12 bits per heavy atom. The molecule has 1 aliphatic heterocycles. The zero-order valence-electron chi connectivity index (χ0n) is 18.9. The Bertz CT molecular complexity index is 1190. The number of ether oxygens (including phenoxy) is 1. The van der Waals surface area contributed by atoms with Crippen molar-refractivity contribution in [3.05, 3.63) is 65.6 Å². The second kappa shape index (κ2) is 9.38. The van der Waals surface area contributed by atoms with E-state index in [0.29, 0.717) is 18.0 Å². The number of rotatable bonds is 4. The Kier molecular flexibility index (Phi) is 6.52. The van der Waals surface area contributed by atoms with Crippen LogP contribution < -0.4 is 10.2 Å². The molecule has 10 heteroatoms. The molecule has 0 aliphatic carbocycles. The van der Waals surface area contributed by atoms with Gasteiger partial charge in [0.15, 0.2) is 5.69 Å². The second-order valence-corrected chi connectivity index (χ2v) is 8.38. The zero-order chi connectivity index (χ0) is 24.5. The number of halogens is 3. The summed E-state index contributed by atoms with van der Waals surface area (Å²) in [6.45, 7) is 7.45. The summed E-state index contributed by atoms with van der Waals surface area (Å²) in [4.78, 5) is 19.2. The highest BCUT2D eigenvalue weighted by atomic mass is 19.4. The Balaban J connectivity index is 1.58. The first-order valence-electron chi connectivity index (χ1n) is 10.8. The van der Waals surface area contributed by atoms with Crippen LogP contribution in [0.2, 0.25) is 0 Å². The minimum absolute atomic E-state index is 0.0911. The maximum absolute atomic E-state index is 12.9. The van der Waals surface area contributed by atoms with Crippen LogP contribution in [0.15, 0.2) is 48.8 Å². The number of carbonyl (C=O) groups excluding carboxylic acids is 1. The smallest absolute Gasteiger partial charge is 0.372 e. The molecule has 34 heavy (non-hydrogen) atoms. The lowest BCUT2D eigenvalue weighted by Gasteiger charge is -2.36. The fourth-order valence-corrected chi connectivity index (χ4v) is 3.96. The topological polar surface area (TPSA) is 80.2 Å². The molecule has 1 fully saturated rings. The number of alkyl halides is 3. The first-order valence-corrected chi connectivity index (χ1v) is 10.8. The maximum Gasteiger partial charge on any atom is 0.418 e. The Morgan fingerprint density at radius 3 is 2.56 bits per heavy atom. The van der Waals surface area contributed by atoms with E-state index < -0.39 is 23.3 Å². The molecule has 3 heterocycles. The molecule has 0 bridgehead atoms. The SMILES string of the molecule is Cc1ccc(NC(=O)c2cc(C(F)(F)F)cnn2)cc1-c1ccnc(N2C[C@@H](C)O[C@@H](C)C2)c1. The van der Waals surface area contributed by atoms with Crippen LogP contribution in [0.1, 0.15) is 35.5 Å². The average Bonchev–Trinajstić information content (AvgIpc) is 2.79. The van der Waals surface area contributed by atoms with Gasteiger partial charge in [-0.3, -0.25) is 4.79 Å². The monoisotopic (exact) mass is 471 g/mol. The number of benzene rings is 1. The van der Waals surface area contributed by atoms with Crippen molar-refractivity contribution in [3.63, 3.8) is 0 Å². The Morgan fingerprint density at radius 2 is 1.85 bits per heavy atom. The number of aromatic nitrogens is 3. The summed E-state index contributed by atoms with van der Waals surface area (Å²) < 4.78 is 44.6. The van der Waals surface area contributed by atoms with E-state index in [9.17, 15) is 18.0 Å². The molecule has 178 valence electrons. The van der Waals surface area contributed by atoms with Crippen LogP contribution in [0.25, 0.3) is 11.1 Å². The number of morpholine rings is 1. The van der Waals surface area contributed by atoms with E-state index in [4.69, 9.17) is 4.74 Å². The summed E-state index contributed by atoms with van der Waals surface area (Å²) in [6.07, 6.45) is -2.12. The zero-order valence-corrected chi connectivity index (χ0v) is 18.9. The first-order chi connectivity index (χ1) is 16.1. The van der Waals surface area contributed by atoms with Crippen molar-refractivity contribution >= 4 is 17.4 Å². The van der Waals surface area contributed by atoms with E-state index in [1.807, 2.05) is 39.0 Å². The van der Waals surface area contributed by atoms with Crippen molar-refractivity contribution < 1.29 is 22.7 Å². The molecule has 7 nitrogen and oxygen atoms in total. The highest BCUT2D eigenvalue weighted by Crippen LogP contribution is 2.31. The van der Waals surface area contributed by atoms with Gasteiger partial charge in [0.2, 0.25) is 0 Å². The fourth-order valence-electron chi connectivity index (χ4n) is 3.96. The van der Waals surface area contributed by atoms with Gasteiger partial charge in [-0.05, 0) is 67.8 Å². The van der Waals surface area contributed by atoms with Gasteiger partial charge in [-0.2, -0.15) is 18.3 Å². The minimum atomic E-state index is -4.61. The van der Waals surface area contributed by atoms with Gasteiger partial charge in [0.05, 0.1) is 24.0 Å². The second-order valence-electron chi connectivity index (χ2n) is 8.38. The van der Waals surface area contributed by atoms with Crippen molar-refractivity contribution in [2.75, 3.05) is 23.3 Å². The molecule has 3 aromatic rings. The van der Waals surface area contributed by atoms with Crippen molar-refractivity contribution in [3.8, 4) is 11.1 Å². The van der Waals surface area contributed by atoms with Gasteiger partial charge in [0.1, 0.15) is 5.82 Å². The standard InChI is InChI=1S/C24H24F3N5O2/c1-14-4-5-19(30-23(33)21-9-18(11-29-31-21)24(25,26)27)10-20(14)17-6-7-28-22(8-17)32-12-15(2)34-16(3)13-32/h4-11,15-16H,12-13H2,1-3H3,(H,30,33)/t15-,16+. The minimum Gasteiger partial charge on any atom is -0.372 e. The number of hydrogen-bond donors (Lipinski definition) is 1. The van der Waals surface area contributed by atoms with E-state index in [1.165, 1.54) is 0 Å². The maximum atomic E-state index is 12.9. The van der Waals surface area contributed by atoms with Crippen LogP contribution in [-0.2, 0) is 10.9 Å². The van der Waals surface area contributed by atoms with Gasteiger partial charge < -0.3 is 15.0 Å². The van der Waals surface area contributed by atoms with Gasteiger partial charge in [-0.15, -0.1) is 5.10 Å². The largest absolute Gasteiger partial charge is 0.418 e. The fraction of sp³-hybridized carbons (Fsp3) is 0.333. The molecular formula is C24H24F3N5O2. The van der Waals surface area contributed by atoms with Crippen LogP contribution in [0.3, 0.4) is 0 Å². The van der Waals surface area contributed by atoms with Crippen molar-refractivity contribution in [1.29, 1.82) is 0 Å². The van der Waals surface area contributed by atoms with Crippen LogP contribution in [0.4, 0.5) is 24.7 Å². The highest BCUT2D eigenvalue weighted by Gasteiger charge is 2.32. The number of nitrogens with zero attached hydrogens (tertiary/aromatic N) is 4. The summed E-state index contributed by atoms with van der Waals surface area (Å²) in [7, 11) is 0. The van der Waals surface area contributed by atoms with E-state index in [-0.39, 0.29) is 12.2 Å². The lowest BCUT2D eigenvalue weighted by Crippen LogP contribution is -2.45. The Labute approximate surface area is 195 Å². The van der Waals surface area contributed by atoms with Crippen LogP contribution in [-0.4, -0.2) is 46.4 Å². The van der Waals surface area contributed by atoms with Crippen LogP contribution in [0.5, 0.6) is 0 Å². The van der Waals surface area contributed by atoms with Crippen LogP contribution >= 0.6 is 0 Å². The third-order valence-corrected chi connectivity index (χ3v) is 5.51. The summed E-state index contributed by atoms with van der Waals surface area (Å²) in [5, 5.41) is 9.46. The molecule has 0 saturated carbocycles. The average molecular weight is 471 g/mol. The normalized spacial score (nSPS) is 18.6. The summed E-state index contributed by atoms with van der Waals surface area (Å²) in [5.74, 6) is 0.0488. The Hall–Kier alpha value is -3.53. The summed E-state index contributed by atoms with van der Waals surface area (Å²) in [5.41, 5.74) is 1.72.